The van der Waals surface area contributed by atoms with E-state index in [0.29, 0.717) is 17.0 Å². The lowest BCUT2D eigenvalue weighted by Crippen LogP contribution is -2.24. The normalized spacial score (nSPS) is 11.5. The molecule has 0 spiro atoms. The number of nitrogens with zero attached hydrogens (tertiary/aromatic N) is 2. The second kappa shape index (κ2) is 7.31. The zero-order valence-corrected chi connectivity index (χ0v) is 15.2. The van der Waals surface area contributed by atoms with Crippen molar-refractivity contribution in [1.82, 2.24) is 14.7 Å². The van der Waals surface area contributed by atoms with Crippen molar-refractivity contribution in [3.05, 3.63) is 77.5 Å². The number of halogens is 1. The Morgan fingerprint density at radius 3 is 2.46 bits per heavy atom. The minimum atomic E-state index is -3.65. The lowest BCUT2D eigenvalue weighted by Gasteiger charge is -2.10. The second-order valence-electron chi connectivity index (χ2n) is 5.99. The average Bonchev–Trinajstić information content (AvgIpc) is 2.63. The van der Waals surface area contributed by atoms with Crippen LogP contribution in [0.4, 0.5) is 4.39 Å². The van der Waals surface area contributed by atoms with Gasteiger partial charge in [0.05, 0.1) is 22.8 Å². The van der Waals surface area contributed by atoms with Crippen LogP contribution in [-0.2, 0) is 16.6 Å². The van der Waals surface area contributed by atoms with Gasteiger partial charge in [-0.25, -0.2) is 27.5 Å². The highest BCUT2D eigenvalue weighted by Gasteiger charge is 2.17. The number of hydrogen-bond acceptors (Lipinski definition) is 4. The minimum Gasteiger partial charge on any atom is -0.240 e. The summed E-state index contributed by atoms with van der Waals surface area (Å²) in [6.45, 7) is 3.63. The third-order valence-corrected chi connectivity index (χ3v) is 5.48. The van der Waals surface area contributed by atoms with Crippen molar-refractivity contribution in [2.24, 2.45) is 0 Å². The first kappa shape index (κ1) is 18.2. The first-order valence-corrected chi connectivity index (χ1v) is 9.47. The molecular formula is C19H18FN3O2S. The molecule has 7 heteroatoms. The molecule has 0 saturated carbocycles. The molecule has 0 atom stereocenters. The summed E-state index contributed by atoms with van der Waals surface area (Å²) in [4.78, 5) is 8.52. The van der Waals surface area contributed by atoms with E-state index in [1.54, 1.807) is 37.3 Å². The minimum absolute atomic E-state index is 0.0342. The second-order valence-corrected chi connectivity index (χ2v) is 7.73. The summed E-state index contributed by atoms with van der Waals surface area (Å²) in [5, 5.41) is 0. The Labute approximate surface area is 152 Å². The standard InChI is InChI=1S/C19H18FN3O2S/c1-13-3-4-14(2)19(9-13)26(24,25)23-11-17-10-18(22-12-21-17)15-5-7-16(20)8-6-15/h3-10,12,23H,11H2,1-2H3. The lowest BCUT2D eigenvalue weighted by molar-refractivity contribution is 0.579. The van der Waals surface area contributed by atoms with Crippen LogP contribution < -0.4 is 4.72 Å². The Bertz CT molecular complexity index is 1030. The third-order valence-electron chi connectivity index (χ3n) is 3.94. The number of hydrogen-bond donors (Lipinski definition) is 1. The van der Waals surface area contributed by atoms with Gasteiger partial charge in [-0.15, -0.1) is 0 Å². The number of benzene rings is 2. The average molecular weight is 371 g/mol. The summed E-state index contributed by atoms with van der Waals surface area (Å²) in [6.07, 6.45) is 1.36. The van der Waals surface area contributed by atoms with E-state index >= 15 is 0 Å². The number of sulfonamides is 1. The summed E-state index contributed by atoms with van der Waals surface area (Å²) in [5.74, 6) is -0.329. The molecule has 0 fully saturated rings. The van der Waals surface area contributed by atoms with Crippen molar-refractivity contribution in [2.45, 2.75) is 25.3 Å². The predicted octanol–water partition coefficient (Wildman–Crippen LogP) is 3.38. The fourth-order valence-electron chi connectivity index (χ4n) is 2.52. The Morgan fingerprint density at radius 2 is 1.73 bits per heavy atom. The summed E-state index contributed by atoms with van der Waals surface area (Å²) in [6, 6.07) is 12.9. The van der Waals surface area contributed by atoms with Gasteiger partial charge in [0, 0.05) is 5.56 Å². The summed E-state index contributed by atoms with van der Waals surface area (Å²) >= 11 is 0. The van der Waals surface area contributed by atoms with E-state index in [9.17, 15) is 12.8 Å². The zero-order valence-electron chi connectivity index (χ0n) is 14.4. The number of rotatable bonds is 5. The fourth-order valence-corrected chi connectivity index (χ4v) is 3.84. The molecule has 0 aliphatic carbocycles. The molecule has 0 aliphatic heterocycles. The van der Waals surface area contributed by atoms with E-state index in [2.05, 4.69) is 14.7 Å². The van der Waals surface area contributed by atoms with E-state index in [4.69, 9.17) is 0 Å². The van der Waals surface area contributed by atoms with E-state index < -0.39 is 10.0 Å². The smallest absolute Gasteiger partial charge is 0.240 e. The largest absolute Gasteiger partial charge is 0.241 e. The quantitative estimate of drug-likeness (QED) is 0.746. The Balaban J connectivity index is 1.80. The molecular weight excluding hydrogens is 353 g/mol. The lowest BCUT2D eigenvalue weighted by atomic mass is 10.1. The molecule has 3 aromatic rings. The van der Waals surface area contributed by atoms with Crippen LogP contribution >= 0.6 is 0 Å². The van der Waals surface area contributed by atoms with Gasteiger partial charge in [0.2, 0.25) is 10.0 Å². The van der Waals surface area contributed by atoms with E-state index in [1.807, 2.05) is 13.0 Å². The molecule has 0 aliphatic rings. The monoisotopic (exact) mass is 371 g/mol. The maximum absolute atomic E-state index is 13.0. The maximum Gasteiger partial charge on any atom is 0.241 e. The van der Waals surface area contributed by atoms with Gasteiger partial charge >= 0.3 is 0 Å². The molecule has 134 valence electrons. The van der Waals surface area contributed by atoms with E-state index in [-0.39, 0.29) is 17.3 Å². The van der Waals surface area contributed by atoms with Gasteiger partial charge in [0.25, 0.3) is 0 Å². The molecule has 0 amide bonds. The van der Waals surface area contributed by atoms with Gasteiger partial charge in [0.15, 0.2) is 0 Å². The van der Waals surface area contributed by atoms with Crippen LogP contribution in [0.1, 0.15) is 16.8 Å². The number of nitrogens with one attached hydrogen (secondary N) is 1. The van der Waals surface area contributed by atoms with Gasteiger partial charge in [-0.3, -0.25) is 0 Å². The molecule has 0 saturated heterocycles. The summed E-state index contributed by atoms with van der Waals surface area (Å²) < 4.78 is 40.8. The molecule has 0 radical (unpaired) electrons. The Morgan fingerprint density at radius 1 is 1.00 bits per heavy atom. The molecule has 2 aromatic carbocycles. The van der Waals surface area contributed by atoms with Crippen LogP contribution in [0.25, 0.3) is 11.3 Å². The van der Waals surface area contributed by atoms with Crippen LogP contribution in [-0.4, -0.2) is 18.4 Å². The fraction of sp³-hybridized carbons (Fsp3) is 0.158. The highest BCUT2D eigenvalue weighted by Crippen LogP contribution is 2.19. The molecule has 1 heterocycles. The topological polar surface area (TPSA) is 72.0 Å². The van der Waals surface area contributed by atoms with E-state index in [1.165, 1.54) is 18.5 Å². The number of aromatic nitrogens is 2. The van der Waals surface area contributed by atoms with Crippen molar-refractivity contribution < 1.29 is 12.8 Å². The molecule has 0 bridgehead atoms. The van der Waals surface area contributed by atoms with E-state index in [0.717, 1.165) is 11.1 Å². The van der Waals surface area contributed by atoms with Crippen molar-refractivity contribution in [3.8, 4) is 11.3 Å². The third kappa shape index (κ3) is 4.12. The van der Waals surface area contributed by atoms with Crippen molar-refractivity contribution in [1.29, 1.82) is 0 Å². The van der Waals surface area contributed by atoms with Crippen molar-refractivity contribution >= 4 is 10.0 Å². The molecule has 1 N–H and O–H groups in total. The van der Waals surface area contributed by atoms with Gasteiger partial charge in [-0.05, 0) is 61.4 Å². The summed E-state index contributed by atoms with van der Waals surface area (Å²) in [7, 11) is -3.65. The van der Waals surface area contributed by atoms with Crippen molar-refractivity contribution in [3.63, 3.8) is 0 Å². The molecule has 3 rings (SSSR count). The molecule has 0 unspecified atom stereocenters. The van der Waals surface area contributed by atoms with Gasteiger partial charge < -0.3 is 0 Å². The van der Waals surface area contributed by atoms with Crippen LogP contribution in [0.15, 0.2) is 59.8 Å². The summed E-state index contributed by atoms with van der Waals surface area (Å²) in [5.41, 5.74) is 3.40. The predicted molar refractivity (Wildman–Crippen MR) is 97.4 cm³/mol. The van der Waals surface area contributed by atoms with Crippen LogP contribution in [0.2, 0.25) is 0 Å². The zero-order chi connectivity index (χ0) is 18.7. The SMILES string of the molecule is Cc1ccc(C)c(S(=O)(=O)NCc2cc(-c3ccc(F)cc3)ncn2)c1. The van der Waals surface area contributed by atoms with Gasteiger partial charge in [-0.2, -0.15) is 0 Å². The maximum atomic E-state index is 13.0. The van der Waals surface area contributed by atoms with Crippen molar-refractivity contribution in [2.75, 3.05) is 0 Å². The molecule has 26 heavy (non-hydrogen) atoms. The molecule has 1 aromatic heterocycles. The first-order valence-electron chi connectivity index (χ1n) is 7.99. The van der Waals surface area contributed by atoms with Crippen LogP contribution in [0, 0.1) is 19.7 Å². The molecule has 5 nitrogen and oxygen atoms in total. The van der Waals surface area contributed by atoms with Gasteiger partial charge in [0.1, 0.15) is 12.1 Å². The highest BCUT2D eigenvalue weighted by molar-refractivity contribution is 7.89. The highest BCUT2D eigenvalue weighted by atomic mass is 32.2. The Kier molecular flexibility index (Phi) is 5.11. The number of aryl methyl sites for hydroxylation is 2. The first-order chi connectivity index (χ1) is 12.3. The van der Waals surface area contributed by atoms with Crippen LogP contribution in [0.5, 0.6) is 0 Å². The van der Waals surface area contributed by atoms with Crippen LogP contribution in [0.3, 0.4) is 0 Å². The Hall–Kier alpha value is -2.64. The van der Waals surface area contributed by atoms with Gasteiger partial charge in [-0.1, -0.05) is 12.1 Å².